The predicted molar refractivity (Wildman–Crippen MR) is 101 cm³/mol. The third-order valence-electron chi connectivity index (χ3n) is 3.62. The van der Waals surface area contributed by atoms with Crippen LogP contribution in [0.15, 0.2) is 22.5 Å². The van der Waals surface area contributed by atoms with Gasteiger partial charge in [-0.25, -0.2) is 4.39 Å². The Balaban J connectivity index is 1.56. The van der Waals surface area contributed by atoms with E-state index in [9.17, 15) is 14.0 Å². The number of rotatable bonds is 7. The van der Waals surface area contributed by atoms with E-state index < -0.39 is 5.82 Å². The first-order valence-corrected chi connectivity index (χ1v) is 10.2. The maximum absolute atomic E-state index is 13.1. The molecule has 1 aliphatic rings. The van der Waals surface area contributed by atoms with Gasteiger partial charge in [0.15, 0.2) is 4.34 Å². The third-order valence-corrected chi connectivity index (χ3v) is 5.96. The van der Waals surface area contributed by atoms with Crippen LogP contribution in [0, 0.1) is 5.82 Å². The van der Waals surface area contributed by atoms with E-state index in [2.05, 4.69) is 15.5 Å². The predicted octanol–water partition coefficient (Wildman–Crippen LogP) is 3.97. The van der Waals surface area contributed by atoms with E-state index in [1.807, 2.05) is 6.92 Å². The Kier molecular flexibility index (Phi) is 6.10. The number of carbonyl (C=O) groups excluding carboxylic acids is 2. The minimum absolute atomic E-state index is 0.0335. The first-order valence-electron chi connectivity index (χ1n) is 8.01. The Hall–Kier alpha value is -1.71. The molecule has 0 radical (unpaired) electrons. The van der Waals surface area contributed by atoms with Gasteiger partial charge in [0.1, 0.15) is 5.82 Å². The number of aromatic nitrogens is 2. The quantitative estimate of drug-likeness (QED) is 0.548. The summed E-state index contributed by atoms with van der Waals surface area (Å²) in [5.74, 6) is -0.652. The monoisotopic (exact) mass is 414 g/mol. The van der Waals surface area contributed by atoms with Crippen LogP contribution in [0.1, 0.15) is 26.2 Å². The topological polar surface area (TPSA) is 75.2 Å². The van der Waals surface area contributed by atoms with Crippen molar-refractivity contribution < 1.29 is 14.0 Å². The molecule has 0 atom stereocenters. The van der Waals surface area contributed by atoms with Crippen molar-refractivity contribution >= 4 is 57.3 Å². The zero-order chi connectivity index (χ0) is 18.7. The van der Waals surface area contributed by atoms with E-state index >= 15 is 0 Å². The molecule has 1 N–H and O–H groups in total. The Bertz CT molecular complexity index is 828. The molecule has 6 nitrogen and oxygen atoms in total. The number of nitrogens with one attached hydrogen (secondary N) is 1. The molecule has 3 rings (SSSR count). The molecule has 1 aliphatic carbocycles. The number of carbonyl (C=O) groups is 2. The molecule has 1 aromatic carbocycles. The maximum atomic E-state index is 13.1. The zero-order valence-electron chi connectivity index (χ0n) is 13.9. The second-order valence-electron chi connectivity index (χ2n) is 5.66. The first-order chi connectivity index (χ1) is 12.5. The molecule has 0 saturated heterocycles. The Morgan fingerprint density at radius 3 is 2.85 bits per heavy atom. The van der Waals surface area contributed by atoms with Crippen molar-refractivity contribution in [2.24, 2.45) is 0 Å². The molecule has 1 heterocycles. The second kappa shape index (κ2) is 8.32. The number of hydrogen-bond acceptors (Lipinski definition) is 6. The molecule has 0 bridgehead atoms. The van der Waals surface area contributed by atoms with E-state index in [1.165, 1.54) is 41.3 Å². The lowest BCUT2D eigenvalue weighted by molar-refractivity contribution is -0.118. The summed E-state index contributed by atoms with van der Waals surface area (Å²) < 4.78 is 13.7. The lowest BCUT2D eigenvalue weighted by atomic mass is 10.3. The van der Waals surface area contributed by atoms with Crippen LogP contribution >= 0.6 is 34.7 Å². The number of nitrogens with zero attached hydrogens (tertiary/aromatic N) is 3. The van der Waals surface area contributed by atoms with Crippen molar-refractivity contribution in [3.63, 3.8) is 0 Å². The summed E-state index contributed by atoms with van der Waals surface area (Å²) in [5, 5.41) is 11.3. The largest absolute Gasteiger partial charge is 0.325 e. The highest BCUT2D eigenvalue weighted by Gasteiger charge is 2.35. The number of halogens is 2. The Morgan fingerprint density at radius 2 is 2.19 bits per heavy atom. The van der Waals surface area contributed by atoms with Gasteiger partial charge in [-0.15, -0.1) is 10.2 Å². The molecule has 0 aliphatic heterocycles. The number of amides is 2. The maximum Gasteiger partial charge on any atom is 0.234 e. The van der Waals surface area contributed by atoms with E-state index in [0.717, 1.165) is 12.8 Å². The van der Waals surface area contributed by atoms with Gasteiger partial charge in [-0.3, -0.25) is 14.5 Å². The van der Waals surface area contributed by atoms with Crippen LogP contribution in [-0.4, -0.2) is 33.8 Å². The third kappa shape index (κ3) is 4.72. The van der Waals surface area contributed by atoms with Crippen molar-refractivity contribution in [3.05, 3.63) is 29.0 Å². The number of anilines is 2. The molecule has 1 fully saturated rings. The second-order valence-corrected chi connectivity index (χ2v) is 8.25. The molecular weight excluding hydrogens is 399 g/mol. The molecule has 10 heteroatoms. The molecule has 0 unspecified atom stereocenters. The van der Waals surface area contributed by atoms with Crippen LogP contribution < -0.4 is 10.2 Å². The van der Waals surface area contributed by atoms with Gasteiger partial charge in [0.2, 0.25) is 16.9 Å². The highest BCUT2D eigenvalue weighted by atomic mass is 35.5. The summed E-state index contributed by atoms with van der Waals surface area (Å²) in [6.07, 6.45) is 2.38. The van der Waals surface area contributed by atoms with Crippen LogP contribution in [0.25, 0.3) is 0 Å². The van der Waals surface area contributed by atoms with Gasteiger partial charge in [0.25, 0.3) is 0 Å². The van der Waals surface area contributed by atoms with Gasteiger partial charge in [-0.2, -0.15) is 0 Å². The molecule has 1 saturated carbocycles. The van der Waals surface area contributed by atoms with Crippen molar-refractivity contribution in [2.45, 2.75) is 36.6 Å². The fourth-order valence-electron chi connectivity index (χ4n) is 2.23. The van der Waals surface area contributed by atoms with Crippen LogP contribution in [0.5, 0.6) is 0 Å². The van der Waals surface area contributed by atoms with Crippen LogP contribution in [0.2, 0.25) is 5.02 Å². The SMILES string of the molecule is CCC(=O)N(c1nnc(SCC(=O)Nc2ccc(F)c(Cl)c2)s1)C1CC1. The number of hydrogen-bond donors (Lipinski definition) is 1. The highest BCUT2D eigenvalue weighted by Crippen LogP contribution is 2.36. The molecule has 26 heavy (non-hydrogen) atoms. The molecule has 138 valence electrons. The minimum atomic E-state index is -0.540. The summed E-state index contributed by atoms with van der Waals surface area (Å²) in [5.41, 5.74) is 0.424. The van der Waals surface area contributed by atoms with Crippen molar-refractivity contribution in [2.75, 3.05) is 16.0 Å². The van der Waals surface area contributed by atoms with Gasteiger partial charge in [0.05, 0.1) is 10.8 Å². The summed E-state index contributed by atoms with van der Waals surface area (Å²) in [6.45, 7) is 1.82. The number of thioether (sulfide) groups is 1. The zero-order valence-corrected chi connectivity index (χ0v) is 16.3. The van der Waals surface area contributed by atoms with Gasteiger partial charge >= 0.3 is 0 Å². The fraction of sp³-hybridized carbons (Fsp3) is 0.375. The van der Waals surface area contributed by atoms with Gasteiger partial charge in [-0.05, 0) is 31.0 Å². The van der Waals surface area contributed by atoms with Crippen LogP contribution in [-0.2, 0) is 9.59 Å². The van der Waals surface area contributed by atoms with E-state index in [1.54, 1.807) is 4.90 Å². The number of benzene rings is 1. The highest BCUT2D eigenvalue weighted by molar-refractivity contribution is 8.01. The summed E-state index contributed by atoms with van der Waals surface area (Å²) in [4.78, 5) is 25.8. The Labute approximate surface area is 163 Å². The van der Waals surface area contributed by atoms with E-state index in [4.69, 9.17) is 11.6 Å². The molecule has 0 spiro atoms. The average Bonchev–Trinajstić information content (AvgIpc) is 3.34. The molecule has 2 aromatic rings. The average molecular weight is 415 g/mol. The first kappa shape index (κ1) is 19.1. The van der Waals surface area contributed by atoms with Gasteiger partial charge < -0.3 is 5.32 Å². The lowest BCUT2D eigenvalue weighted by Crippen LogP contribution is -2.32. The van der Waals surface area contributed by atoms with Gasteiger partial charge in [0, 0.05) is 18.2 Å². The molecule has 2 amide bonds. The van der Waals surface area contributed by atoms with Crippen LogP contribution in [0.4, 0.5) is 15.2 Å². The lowest BCUT2D eigenvalue weighted by Gasteiger charge is -2.17. The summed E-state index contributed by atoms with van der Waals surface area (Å²) >= 11 is 8.22. The normalized spacial score (nSPS) is 13.5. The molecule has 1 aromatic heterocycles. The standard InChI is InChI=1S/C16H16ClFN4O2S2/c1-2-14(24)22(10-4-5-10)15-20-21-16(26-15)25-8-13(23)19-9-3-6-12(18)11(17)7-9/h3,6-7,10H,2,4-5,8H2,1H3,(H,19,23). The minimum Gasteiger partial charge on any atom is -0.325 e. The summed E-state index contributed by atoms with van der Waals surface area (Å²) in [6, 6.07) is 4.21. The van der Waals surface area contributed by atoms with E-state index in [0.29, 0.717) is 21.6 Å². The van der Waals surface area contributed by atoms with Crippen molar-refractivity contribution in [3.8, 4) is 0 Å². The Morgan fingerprint density at radius 1 is 1.42 bits per heavy atom. The fourth-order valence-corrected chi connectivity index (χ4v) is 4.14. The van der Waals surface area contributed by atoms with Gasteiger partial charge in [-0.1, -0.05) is 41.6 Å². The van der Waals surface area contributed by atoms with E-state index in [-0.39, 0.29) is 28.6 Å². The van der Waals surface area contributed by atoms with Crippen molar-refractivity contribution in [1.82, 2.24) is 10.2 Å². The van der Waals surface area contributed by atoms with Crippen LogP contribution in [0.3, 0.4) is 0 Å². The smallest absolute Gasteiger partial charge is 0.234 e. The van der Waals surface area contributed by atoms with Crippen molar-refractivity contribution in [1.29, 1.82) is 0 Å². The summed E-state index contributed by atoms with van der Waals surface area (Å²) in [7, 11) is 0. The molecular formula is C16H16ClFN4O2S2.